The van der Waals surface area contributed by atoms with E-state index >= 15 is 0 Å². The molecule has 1 heterocycles. The molecule has 1 aliphatic rings. The molecule has 2 aromatic rings. The van der Waals surface area contributed by atoms with Crippen LogP contribution in [0.15, 0.2) is 42.5 Å². The molecule has 1 saturated heterocycles. The predicted molar refractivity (Wildman–Crippen MR) is 82.2 cm³/mol. The number of anilines is 1. The van der Waals surface area contributed by atoms with Crippen molar-refractivity contribution in [3.63, 3.8) is 0 Å². The van der Waals surface area contributed by atoms with Crippen molar-refractivity contribution in [3.05, 3.63) is 59.7 Å². The van der Waals surface area contributed by atoms with Crippen LogP contribution in [0.4, 0.5) is 14.5 Å². The van der Waals surface area contributed by atoms with Gasteiger partial charge in [0.1, 0.15) is 6.61 Å². The molecular weight excluding hydrogens is 286 g/mol. The highest BCUT2D eigenvalue weighted by atomic mass is 19.2. The predicted octanol–water partition coefficient (Wildman–Crippen LogP) is 2.95. The molecular formula is C17H18F2N2O. The molecule has 0 aliphatic carbocycles. The second-order valence-corrected chi connectivity index (χ2v) is 5.21. The molecule has 0 spiro atoms. The van der Waals surface area contributed by atoms with Crippen molar-refractivity contribution in [3.8, 4) is 5.75 Å². The first-order chi connectivity index (χ1) is 10.8. The fourth-order valence-corrected chi connectivity index (χ4v) is 2.60. The van der Waals surface area contributed by atoms with Crippen molar-refractivity contribution in [2.45, 2.75) is 6.61 Å². The maximum atomic E-state index is 13.6. The van der Waals surface area contributed by atoms with Crippen molar-refractivity contribution in [2.24, 2.45) is 0 Å². The molecule has 5 heteroatoms. The van der Waals surface area contributed by atoms with Gasteiger partial charge in [-0.25, -0.2) is 4.39 Å². The zero-order valence-corrected chi connectivity index (χ0v) is 12.2. The number of hydrogen-bond acceptors (Lipinski definition) is 3. The molecule has 1 fully saturated rings. The van der Waals surface area contributed by atoms with Crippen molar-refractivity contribution >= 4 is 5.69 Å². The third-order valence-corrected chi connectivity index (χ3v) is 3.75. The number of ether oxygens (including phenoxy) is 1. The Hall–Kier alpha value is -2.14. The van der Waals surface area contributed by atoms with E-state index in [1.807, 2.05) is 24.3 Å². The summed E-state index contributed by atoms with van der Waals surface area (Å²) in [5.41, 5.74) is 2.05. The third kappa shape index (κ3) is 3.20. The van der Waals surface area contributed by atoms with E-state index in [0.29, 0.717) is 0 Å². The number of nitrogens with zero attached hydrogens (tertiary/aromatic N) is 1. The minimum absolute atomic E-state index is 0.0601. The van der Waals surface area contributed by atoms with Crippen molar-refractivity contribution in [1.82, 2.24) is 5.32 Å². The molecule has 0 bridgehead atoms. The zero-order valence-electron chi connectivity index (χ0n) is 12.2. The van der Waals surface area contributed by atoms with Gasteiger partial charge in [-0.05, 0) is 18.2 Å². The fraction of sp³-hybridized carbons (Fsp3) is 0.294. The lowest BCUT2D eigenvalue weighted by Gasteiger charge is -2.31. The van der Waals surface area contributed by atoms with E-state index in [1.54, 1.807) is 0 Å². The van der Waals surface area contributed by atoms with E-state index in [9.17, 15) is 8.78 Å². The van der Waals surface area contributed by atoms with Gasteiger partial charge in [0.25, 0.3) is 0 Å². The van der Waals surface area contributed by atoms with Crippen LogP contribution >= 0.6 is 0 Å². The van der Waals surface area contributed by atoms with Gasteiger partial charge in [0.15, 0.2) is 11.6 Å². The fourth-order valence-electron chi connectivity index (χ4n) is 2.60. The van der Waals surface area contributed by atoms with Gasteiger partial charge in [0, 0.05) is 37.4 Å². The summed E-state index contributed by atoms with van der Waals surface area (Å²) < 4.78 is 32.3. The lowest BCUT2D eigenvalue weighted by Crippen LogP contribution is -2.43. The van der Waals surface area contributed by atoms with Crippen molar-refractivity contribution in [1.29, 1.82) is 0 Å². The highest BCUT2D eigenvalue weighted by Crippen LogP contribution is 2.24. The molecule has 0 saturated carbocycles. The number of benzene rings is 2. The second-order valence-electron chi connectivity index (χ2n) is 5.21. The van der Waals surface area contributed by atoms with E-state index in [1.165, 1.54) is 12.1 Å². The minimum Gasteiger partial charge on any atom is -0.486 e. The molecule has 2 aromatic carbocycles. The highest BCUT2D eigenvalue weighted by molar-refractivity contribution is 5.54. The Morgan fingerprint density at radius 1 is 1.00 bits per heavy atom. The van der Waals surface area contributed by atoms with Crippen LogP contribution in [0.2, 0.25) is 0 Å². The molecule has 0 radical (unpaired) electrons. The Kier molecular flexibility index (Phi) is 4.53. The minimum atomic E-state index is -0.942. The number of halogens is 2. The van der Waals surface area contributed by atoms with Crippen LogP contribution < -0.4 is 15.0 Å². The number of nitrogens with one attached hydrogen (secondary N) is 1. The van der Waals surface area contributed by atoms with Crippen LogP contribution in [0, 0.1) is 11.6 Å². The normalized spacial score (nSPS) is 14.9. The quantitative estimate of drug-likeness (QED) is 0.940. The van der Waals surface area contributed by atoms with Gasteiger partial charge >= 0.3 is 0 Å². The molecule has 0 amide bonds. The summed E-state index contributed by atoms with van der Waals surface area (Å²) >= 11 is 0. The molecule has 1 aliphatic heterocycles. The lowest BCUT2D eigenvalue weighted by molar-refractivity contribution is 0.284. The van der Waals surface area contributed by atoms with Gasteiger partial charge in [0.2, 0.25) is 5.82 Å². The van der Waals surface area contributed by atoms with Gasteiger partial charge in [-0.1, -0.05) is 24.3 Å². The average molecular weight is 304 g/mol. The third-order valence-electron chi connectivity index (χ3n) is 3.75. The molecule has 0 aromatic heterocycles. The summed E-state index contributed by atoms with van der Waals surface area (Å²) in [6, 6.07) is 11.8. The summed E-state index contributed by atoms with van der Waals surface area (Å²) in [6.07, 6.45) is 0. The zero-order chi connectivity index (χ0) is 15.4. The molecule has 0 unspecified atom stereocenters. The molecule has 116 valence electrons. The Morgan fingerprint density at radius 2 is 1.77 bits per heavy atom. The summed E-state index contributed by atoms with van der Waals surface area (Å²) in [5, 5.41) is 3.31. The first-order valence-electron chi connectivity index (χ1n) is 7.36. The molecule has 0 atom stereocenters. The largest absolute Gasteiger partial charge is 0.486 e. The number of hydrogen-bond donors (Lipinski definition) is 1. The van der Waals surface area contributed by atoms with Gasteiger partial charge in [-0.2, -0.15) is 4.39 Å². The Morgan fingerprint density at radius 3 is 2.59 bits per heavy atom. The van der Waals surface area contributed by atoms with Crippen LogP contribution in [0.5, 0.6) is 5.75 Å². The van der Waals surface area contributed by atoms with E-state index in [0.717, 1.165) is 43.5 Å². The standard InChI is InChI=1S/C17H18F2N2O/c18-14-5-3-7-16(17(14)19)22-12-13-4-1-2-6-15(13)21-10-8-20-9-11-21/h1-7,20H,8-12H2. The summed E-state index contributed by atoms with van der Waals surface area (Å²) in [6.45, 7) is 3.93. The monoisotopic (exact) mass is 304 g/mol. The number of para-hydroxylation sites is 1. The topological polar surface area (TPSA) is 24.5 Å². The lowest BCUT2D eigenvalue weighted by atomic mass is 10.1. The van der Waals surface area contributed by atoms with E-state index in [-0.39, 0.29) is 12.4 Å². The van der Waals surface area contributed by atoms with Crippen LogP contribution in [-0.2, 0) is 6.61 Å². The van der Waals surface area contributed by atoms with E-state index in [4.69, 9.17) is 4.74 Å². The summed E-state index contributed by atoms with van der Waals surface area (Å²) in [7, 11) is 0. The van der Waals surface area contributed by atoms with E-state index in [2.05, 4.69) is 10.2 Å². The van der Waals surface area contributed by atoms with Gasteiger partial charge < -0.3 is 15.0 Å². The van der Waals surface area contributed by atoms with Crippen LogP contribution in [-0.4, -0.2) is 26.2 Å². The maximum absolute atomic E-state index is 13.6. The summed E-state index contributed by atoms with van der Waals surface area (Å²) in [5.74, 6) is -1.90. The van der Waals surface area contributed by atoms with Gasteiger partial charge in [-0.3, -0.25) is 0 Å². The van der Waals surface area contributed by atoms with Crippen LogP contribution in [0.3, 0.4) is 0 Å². The first kappa shape index (κ1) is 14.8. The second kappa shape index (κ2) is 6.75. The Balaban J connectivity index is 1.76. The molecule has 1 N–H and O–H groups in total. The maximum Gasteiger partial charge on any atom is 0.200 e. The molecule has 22 heavy (non-hydrogen) atoms. The highest BCUT2D eigenvalue weighted by Gasteiger charge is 2.15. The smallest absolute Gasteiger partial charge is 0.200 e. The number of rotatable bonds is 4. The average Bonchev–Trinajstić information content (AvgIpc) is 2.57. The van der Waals surface area contributed by atoms with Crippen LogP contribution in [0.25, 0.3) is 0 Å². The summed E-state index contributed by atoms with van der Waals surface area (Å²) in [4.78, 5) is 2.27. The SMILES string of the molecule is Fc1cccc(OCc2ccccc2N2CCNCC2)c1F. The van der Waals surface area contributed by atoms with Gasteiger partial charge in [-0.15, -0.1) is 0 Å². The molecule has 3 rings (SSSR count). The van der Waals surface area contributed by atoms with Crippen molar-refractivity contribution < 1.29 is 13.5 Å². The van der Waals surface area contributed by atoms with E-state index < -0.39 is 11.6 Å². The van der Waals surface area contributed by atoms with Crippen LogP contribution in [0.1, 0.15) is 5.56 Å². The number of piperazine rings is 1. The Bertz CT molecular complexity index is 642. The Labute approximate surface area is 128 Å². The van der Waals surface area contributed by atoms with Gasteiger partial charge in [0.05, 0.1) is 0 Å². The molecule has 3 nitrogen and oxygen atoms in total. The first-order valence-corrected chi connectivity index (χ1v) is 7.36. The van der Waals surface area contributed by atoms with Crippen molar-refractivity contribution in [2.75, 3.05) is 31.1 Å².